The van der Waals surface area contributed by atoms with E-state index in [1.807, 2.05) is 68.4 Å². The van der Waals surface area contributed by atoms with E-state index in [1.165, 1.54) is 0 Å². The van der Waals surface area contributed by atoms with E-state index in [0.717, 1.165) is 22.3 Å². The molecule has 3 aromatic carbocycles. The zero-order valence-corrected chi connectivity index (χ0v) is 20.1. The Labute approximate surface area is 202 Å². The molecule has 0 unspecified atom stereocenters. The molecule has 0 bridgehead atoms. The number of hydrogen-bond acceptors (Lipinski definition) is 4. The van der Waals surface area contributed by atoms with Crippen LogP contribution in [0.4, 0.5) is 0 Å². The van der Waals surface area contributed by atoms with Crippen molar-refractivity contribution in [2.75, 3.05) is 6.61 Å². The van der Waals surface area contributed by atoms with E-state index in [4.69, 9.17) is 14.2 Å². The van der Waals surface area contributed by atoms with E-state index in [1.54, 1.807) is 0 Å². The zero-order chi connectivity index (χ0) is 23.1. The zero-order valence-electron chi connectivity index (χ0n) is 18.5. The fourth-order valence-corrected chi connectivity index (χ4v) is 5.28. The van der Waals surface area contributed by atoms with Crippen LogP contribution in [0.25, 0.3) is 0 Å². The number of ether oxygens (including phenoxy) is 3. The second-order valence-electron chi connectivity index (χ2n) is 8.75. The van der Waals surface area contributed by atoms with Crippen LogP contribution in [0, 0.1) is 0 Å². The van der Waals surface area contributed by atoms with Gasteiger partial charge in [0.2, 0.25) is 5.78 Å². The third-order valence-corrected chi connectivity index (χ3v) is 7.08. The maximum Gasteiger partial charge on any atom is 0.201 e. The van der Waals surface area contributed by atoms with Crippen molar-refractivity contribution in [2.24, 2.45) is 0 Å². The van der Waals surface area contributed by atoms with Crippen LogP contribution in [0.15, 0.2) is 101 Å². The number of benzene rings is 3. The summed E-state index contributed by atoms with van der Waals surface area (Å²) < 4.78 is 19.3. The molecular formula is C28H25BrO4. The highest BCUT2D eigenvalue weighted by atomic mass is 79.9. The van der Waals surface area contributed by atoms with Crippen molar-refractivity contribution < 1.29 is 19.0 Å². The van der Waals surface area contributed by atoms with Crippen molar-refractivity contribution >= 4 is 21.7 Å². The Balaban J connectivity index is 1.61. The summed E-state index contributed by atoms with van der Waals surface area (Å²) in [6.07, 6.45) is -1.12. The molecule has 33 heavy (non-hydrogen) atoms. The Morgan fingerprint density at radius 1 is 0.788 bits per heavy atom. The first-order valence-corrected chi connectivity index (χ1v) is 11.8. The molecule has 1 aliphatic heterocycles. The van der Waals surface area contributed by atoms with Gasteiger partial charge in [0.25, 0.3) is 0 Å². The van der Waals surface area contributed by atoms with E-state index in [2.05, 4.69) is 52.3 Å². The molecule has 1 saturated heterocycles. The molecule has 2 aliphatic rings. The molecular weight excluding hydrogens is 480 g/mol. The molecule has 0 aromatic heterocycles. The van der Waals surface area contributed by atoms with Crippen molar-refractivity contribution in [3.63, 3.8) is 0 Å². The molecule has 0 amide bonds. The Morgan fingerprint density at radius 3 is 1.67 bits per heavy atom. The van der Waals surface area contributed by atoms with Crippen LogP contribution >= 0.6 is 15.9 Å². The van der Waals surface area contributed by atoms with Gasteiger partial charge in [-0.2, -0.15) is 0 Å². The first-order valence-electron chi connectivity index (χ1n) is 11.0. The maximum absolute atomic E-state index is 12.9. The van der Waals surface area contributed by atoms with E-state index in [-0.39, 0.29) is 12.4 Å². The van der Waals surface area contributed by atoms with E-state index in [0.29, 0.717) is 4.48 Å². The number of carbonyl (C=O) groups is 1. The van der Waals surface area contributed by atoms with Gasteiger partial charge in [-0.25, -0.2) is 0 Å². The Kier molecular flexibility index (Phi) is 5.83. The van der Waals surface area contributed by atoms with Gasteiger partial charge in [0, 0.05) is 5.57 Å². The van der Waals surface area contributed by atoms with Crippen LogP contribution in [0.5, 0.6) is 0 Å². The van der Waals surface area contributed by atoms with Gasteiger partial charge < -0.3 is 14.2 Å². The lowest BCUT2D eigenvalue weighted by Crippen LogP contribution is -2.35. The largest absolute Gasteiger partial charge is 0.356 e. The smallest absolute Gasteiger partial charge is 0.201 e. The Morgan fingerprint density at radius 2 is 1.21 bits per heavy atom. The number of Topliss-reactive ketones (excluding diaryl/α,β-unsaturated/α-hetero) is 1. The van der Waals surface area contributed by atoms with E-state index < -0.39 is 23.6 Å². The van der Waals surface area contributed by atoms with E-state index in [9.17, 15) is 4.79 Å². The topological polar surface area (TPSA) is 44.8 Å². The van der Waals surface area contributed by atoms with Gasteiger partial charge in [-0.15, -0.1) is 0 Å². The molecule has 1 fully saturated rings. The maximum atomic E-state index is 12.9. The Hall–Kier alpha value is -2.57. The van der Waals surface area contributed by atoms with Crippen LogP contribution in [0.1, 0.15) is 30.5 Å². The number of ketones is 1. The van der Waals surface area contributed by atoms with Crippen LogP contribution < -0.4 is 0 Å². The third-order valence-electron chi connectivity index (χ3n) is 6.18. The molecule has 168 valence electrons. The number of hydrogen-bond donors (Lipinski definition) is 0. The SMILES string of the molecule is CC1(C)O[C@@H]2C(COC(c3ccccc3)(c3ccccc3)c3ccccc3)=C(Br)C(=O)[C@@H]2O1. The summed E-state index contributed by atoms with van der Waals surface area (Å²) in [4.78, 5) is 12.9. The predicted molar refractivity (Wildman–Crippen MR) is 130 cm³/mol. The first-order chi connectivity index (χ1) is 15.9. The highest BCUT2D eigenvalue weighted by Gasteiger charge is 2.53. The van der Waals surface area contributed by atoms with Gasteiger partial charge in [-0.1, -0.05) is 91.0 Å². The fourth-order valence-electron chi connectivity index (χ4n) is 4.72. The lowest BCUT2D eigenvalue weighted by molar-refractivity contribution is -0.153. The summed E-state index contributed by atoms with van der Waals surface area (Å²) in [5, 5.41) is 0. The average Bonchev–Trinajstić information content (AvgIpc) is 3.27. The Bertz CT molecular complexity index is 1080. The van der Waals surface area contributed by atoms with Crippen molar-refractivity contribution in [3.8, 4) is 0 Å². The van der Waals surface area contributed by atoms with Gasteiger partial charge in [0.15, 0.2) is 11.9 Å². The molecule has 3 aromatic rings. The molecule has 1 heterocycles. The summed E-state index contributed by atoms with van der Waals surface area (Å²) in [6.45, 7) is 3.85. The quantitative estimate of drug-likeness (QED) is 0.401. The van der Waals surface area contributed by atoms with Crippen LogP contribution in [0.3, 0.4) is 0 Å². The normalized spacial score (nSPS) is 22.0. The molecule has 1 aliphatic carbocycles. The number of rotatable bonds is 6. The second kappa shape index (κ2) is 8.65. The van der Waals surface area contributed by atoms with Gasteiger partial charge in [-0.3, -0.25) is 4.79 Å². The summed E-state index contributed by atoms with van der Waals surface area (Å²) >= 11 is 3.49. The number of carbonyl (C=O) groups excluding carboxylic acids is 1. The summed E-state index contributed by atoms with van der Waals surface area (Å²) in [7, 11) is 0. The monoisotopic (exact) mass is 504 g/mol. The average molecular weight is 505 g/mol. The summed E-state index contributed by atoms with van der Waals surface area (Å²) in [6, 6.07) is 30.5. The third kappa shape index (κ3) is 3.89. The summed E-state index contributed by atoms with van der Waals surface area (Å²) in [5.74, 6) is -0.923. The van der Waals surface area contributed by atoms with Crippen molar-refractivity contribution in [3.05, 3.63) is 118 Å². The number of halogens is 1. The minimum atomic E-state index is -0.875. The molecule has 4 nitrogen and oxygen atoms in total. The highest BCUT2D eigenvalue weighted by molar-refractivity contribution is 9.12. The highest BCUT2D eigenvalue weighted by Crippen LogP contribution is 2.45. The lowest BCUT2D eigenvalue weighted by atomic mass is 9.80. The van der Waals surface area contributed by atoms with Crippen molar-refractivity contribution in [2.45, 2.75) is 37.4 Å². The molecule has 0 spiro atoms. The first kappa shape index (κ1) is 22.2. The lowest BCUT2D eigenvalue weighted by Gasteiger charge is -2.36. The van der Waals surface area contributed by atoms with Gasteiger partial charge in [0.1, 0.15) is 11.7 Å². The minimum Gasteiger partial charge on any atom is -0.356 e. The summed E-state index contributed by atoms with van der Waals surface area (Å²) in [5.41, 5.74) is 2.90. The van der Waals surface area contributed by atoms with Crippen molar-refractivity contribution in [1.29, 1.82) is 0 Å². The molecule has 2 atom stereocenters. The second-order valence-corrected chi connectivity index (χ2v) is 9.54. The van der Waals surface area contributed by atoms with Gasteiger partial charge in [-0.05, 0) is 46.5 Å². The molecule has 0 radical (unpaired) electrons. The fraction of sp³-hybridized carbons (Fsp3) is 0.250. The van der Waals surface area contributed by atoms with Gasteiger partial charge in [0.05, 0.1) is 11.1 Å². The molecule has 5 rings (SSSR count). The molecule has 0 saturated carbocycles. The predicted octanol–water partition coefficient (Wildman–Crippen LogP) is 5.75. The van der Waals surface area contributed by atoms with Crippen LogP contribution in [-0.4, -0.2) is 30.4 Å². The van der Waals surface area contributed by atoms with Crippen LogP contribution in [0.2, 0.25) is 0 Å². The van der Waals surface area contributed by atoms with E-state index >= 15 is 0 Å². The van der Waals surface area contributed by atoms with Gasteiger partial charge >= 0.3 is 0 Å². The van der Waals surface area contributed by atoms with Crippen LogP contribution in [-0.2, 0) is 24.6 Å². The minimum absolute atomic E-state index is 0.103. The van der Waals surface area contributed by atoms with Crippen molar-refractivity contribution in [1.82, 2.24) is 0 Å². The molecule has 0 N–H and O–H groups in total. The number of fused-ring (bicyclic) bond motifs is 1. The molecule has 5 heteroatoms. The standard InChI is InChI=1S/C28H25BrO4/c1-27(2)32-25-22(23(29)24(30)26(25)33-27)18-31-28(19-12-6-3-7-13-19,20-14-8-4-9-15-20)21-16-10-5-11-17-21/h3-17,25-26H,18H2,1-2H3/t25-,26+/m1/s1.